The fourth-order valence-electron chi connectivity index (χ4n) is 3.08. The van der Waals surface area contributed by atoms with Crippen molar-refractivity contribution in [3.8, 4) is 5.75 Å². The Morgan fingerprint density at radius 2 is 2.14 bits per heavy atom. The van der Waals surface area contributed by atoms with Gasteiger partial charge in [-0.1, -0.05) is 18.2 Å². The Labute approximate surface area is 126 Å². The summed E-state index contributed by atoms with van der Waals surface area (Å²) in [5, 5.41) is 3.34. The average Bonchev–Trinajstić information content (AvgIpc) is 3.22. The molecular formula is C17H24N2O2. The van der Waals surface area contributed by atoms with Gasteiger partial charge in [0.25, 0.3) is 0 Å². The van der Waals surface area contributed by atoms with E-state index >= 15 is 0 Å². The molecule has 21 heavy (non-hydrogen) atoms. The highest BCUT2D eigenvalue weighted by molar-refractivity contribution is 5.77. The van der Waals surface area contributed by atoms with Gasteiger partial charge in [-0.15, -0.1) is 0 Å². The van der Waals surface area contributed by atoms with Gasteiger partial charge in [-0.2, -0.15) is 0 Å². The van der Waals surface area contributed by atoms with Crippen LogP contribution in [0.2, 0.25) is 0 Å². The highest BCUT2D eigenvalue weighted by Crippen LogP contribution is 2.31. The molecule has 1 atom stereocenters. The first-order valence-corrected chi connectivity index (χ1v) is 7.90. The van der Waals surface area contributed by atoms with Gasteiger partial charge in [0.2, 0.25) is 5.91 Å². The molecule has 1 heterocycles. The molecule has 1 amide bonds. The molecule has 1 unspecified atom stereocenters. The Kier molecular flexibility index (Phi) is 4.44. The summed E-state index contributed by atoms with van der Waals surface area (Å²) in [6.07, 6.45) is 4.09. The van der Waals surface area contributed by atoms with E-state index in [4.69, 9.17) is 4.74 Å². The van der Waals surface area contributed by atoms with Gasteiger partial charge in [0.15, 0.2) is 0 Å². The minimum absolute atomic E-state index is 0.303. The van der Waals surface area contributed by atoms with E-state index in [-0.39, 0.29) is 0 Å². The molecule has 1 aliphatic carbocycles. The predicted molar refractivity (Wildman–Crippen MR) is 82.2 cm³/mol. The van der Waals surface area contributed by atoms with E-state index in [2.05, 4.69) is 16.3 Å². The number of ether oxygens (including phenoxy) is 1. The maximum absolute atomic E-state index is 12.6. The number of benzene rings is 1. The monoisotopic (exact) mass is 288 g/mol. The van der Waals surface area contributed by atoms with Crippen LogP contribution in [-0.2, 0) is 11.3 Å². The molecular weight excluding hydrogens is 264 g/mol. The van der Waals surface area contributed by atoms with E-state index in [0.717, 1.165) is 43.7 Å². The van der Waals surface area contributed by atoms with Gasteiger partial charge < -0.3 is 15.0 Å². The van der Waals surface area contributed by atoms with Crippen LogP contribution in [-0.4, -0.2) is 37.0 Å². The average molecular weight is 288 g/mol. The van der Waals surface area contributed by atoms with E-state index in [1.807, 2.05) is 18.2 Å². The SMILES string of the molecule is COc1ccccc1CN(C(=O)CC1CCNC1)C1CC1. The number of para-hydroxylation sites is 1. The first-order chi connectivity index (χ1) is 10.3. The lowest BCUT2D eigenvalue weighted by Gasteiger charge is -2.25. The van der Waals surface area contributed by atoms with Crippen LogP contribution in [0.1, 0.15) is 31.2 Å². The summed E-state index contributed by atoms with van der Waals surface area (Å²) in [5.41, 5.74) is 1.10. The minimum Gasteiger partial charge on any atom is -0.496 e. The van der Waals surface area contributed by atoms with E-state index in [1.165, 1.54) is 0 Å². The molecule has 1 saturated heterocycles. The van der Waals surface area contributed by atoms with E-state index in [0.29, 0.717) is 30.8 Å². The summed E-state index contributed by atoms with van der Waals surface area (Å²) in [4.78, 5) is 14.7. The van der Waals surface area contributed by atoms with Crippen LogP contribution in [0.3, 0.4) is 0 Å². The Morgan fingerprint density at radius 3 is 2.81 bits per heavy atom. The van der Waals surface area contributed by atoms with Gasteiger partial charge in [-0.25, -0.2) is 0 Å². The number of hydrogen-bond acceptors (Lipinski definition) is 3. The lowest BCUT2D eigenvalue weighted by Crippen LogP contribution is -2.34. The summed E-state index contributed by atoms with van der Waals surface area (Å²) in [5.74, 6) is 1.69. The molecule has 0 spiro atoms. The molecule has 1 aromatic rings. The van der Waals surface area contributed by atoms with Crippen LogP contribution in [0.4, 0.5) is 0 Å². The van der Waals surface area contributed by atoms with Gasteiger partial charge in [-0.3, -0.25) is 4.79 Å². The molecule has 0 bridgehead atoms. The normalized spacial score (nSPS) is 21.3. The van der Waals surface area contributed by atoms with Crippen molar-refractivity contribution >= 4 is 5.91 Å². The molecule has 1 aliphatic heterocycles. The fourth-order valence-corrected chi connectivity index (χ4v) is 3.08. The first-order valence-electron chi connectivity index (χ1n) is 7.90. The van der Waals surface area contributed by atoms with E-state index in [9.17, 15) is 4.79 Å². The van der Waals surface area contributed by atoms with Crippen LogP contribution in [0.15, 0.2) is 24.3 Å². The van der Waals surface area contributed by atoms with Gasteiger partial charge in [0.1, 0.15) is 5.75 Å². The molecule has 0 radical (unpaired) electrons. The van der Waals surface area contributed by atoms with Gasteiger partial charge in [0, 0.05) is 24.6 Å². The first kappa shape index (κ1) is 14.4. The maximum Gasteiger partial charge on any atom is 0.223 e. The zero-order valence-corrected chi connectivity index (χ0v) is 12.7. The molecule has 1 saturated carbocycles. The number of nitrogens with zero attached hydrogens (tertiary/aromatic N) is 1. The summed E-state index contributed by atoms with van der Waals surface area (Å²) >= 11 is 0. The highest BCUT2D eigenvalue weighted by Gasteiger charge is 2.34. The molecule has 1 N–H and O–H groups in total. The summed E-state index contributed by atoms with van der Waals surface area (Å²) in [6, 6.07) is 8.44. The maximum atomic E-state index is 12.6. The summed E-state index contributed by atoms with van der Waals surface area (Å²) in [7, 11) is 1.69. The molecule has 3 rings (SSSR count). The smallest absolute Gasteiger partial charge is 0.223 e. The third-order valence-corrected chi connectivity index (χ3v) is 4.47. The zero-order chi connectivity index (χ0) is 14.7. The second kappa shape index (κ2) is 6.48. The van der Waals surface area contributed by atoms with Crippen molar-refractivity contribution in [3.05, 3.63) is 29.8 Å². The van der Waals surface area contributed by atoms with Crippen molar-refractivity contribution in [3.63, 3.8) is 0 Å². The number of carbonyl (C=O) groups is 1. The number of carbonyl (C=O) groups excluding carboxylic acids is 1. The standard InChI is InChI=1S/C17H24N2O2/c1-21-16-5-3-2-4-14(16)12-19(15-6-7-15)17(20)10-13-8-9-18-11-13/h2-5,13,15,18H,6-12H2,1H3. The second-order valence-corrected chi connectivity index (χ2v) is 6.13. The Hall–Kier alpha value is -1.55. The van der Waals surface area contributed by atoms with Crippen LogP contribution in [0.25, 0.3) is 0 Å². The van der Waals surface area contributed by atoms with Crippen molar-refractivity contribution in [2.45, 2.75) is 38.3 Å². The topological polar surface area (TPSA) is 41.6 Å². The number of amides is 1. The van der Waals surface area contributed by atoms with E-state index in [1.54, 1.807) is 7.11 Å². The Bertz CT molecular complexity index is 493. The van der Waals surface area contributed by atoms with Crippen LogP contribution in [0, 0.1) is 5.92 Å². The molecule has 4 heteroatoms. The predicted octanol–water partition coefficient (Wildman–Crippen LogP) is 2.19. The van der Waals surface area contributed by atoms with Gasteiger partial charge in [0.05, 0.1) is 7.11 Å². The fraction of sp³-hybridized carbons (Fsp3) is 0.588. The Morgan fingerprint density at radius 1 is 1.33 bits per heavy atom. The van der Waals surface area contributed by atoms with Gasteiger partial charge >= 0.3 is 0 Å². The molecule has 4 nitrogen and oxygen atoms in total. The number of hydrogen-bond donors (Lipinski definition) is 1. The van der Waals surface area contributed by atoms with E-state index < -0.39 is 0 Å². The zero-order valence-electron chi connectivity index (χ0n) is 12.7. The third-order valence-electron chi connectivity index (χ3n) is 4.47. The van der Waals surface area contributed by atoms with Crippen LogP contribution < -0.4 is 10.1 Å². The lowest BCUT2D eigenvalue weighted by atomic mass is 10.0. The van der Waals surface area contributed by atoms with Crippen molar-refractivity contribution in [2.24, 2.45) is 5.92 Å². The highest BCUT2D eigenvalue weighted by atomic mass is 16.5. The third kappa shape index (κ3) is 3.56. The quantitative estimate of drug-likeness (QED) is 0.872. The summed E-state index contributed by atoms with van der Waals surface area (Å²) in [6.45, 7) is 2.71. The Balaban J connectivity index is 1.67. The number of nitrogens with one attached hydrogen (secondary N) is 1. The minimum atomic E-state index is 0.303. The van der Waals surface area contributed by atoms with Crippen molar-refractivity contribution in [1.82, 2.24) is 10.2 Å². The second-order valence-electron chi connectivity index (χ2n) is 6.13. The number of rotatable bonds is 6. The molecule has 2 fully saturated rings. The molecule has 0 aromatic heterocycles. The largest absolute Gasteiger partial charge is 0.496 e. The van der Waals surface area contributed by atoms with Crippen molar-refractivity contribution < 1.29 is 9.53 Å². The lowest BCUT2D eigenvalue weighted by molar-refractivity contribution is -0.133. The van der Waals surface area contributed by atoms with Crippen molar-refractivity contribution in [2.75, 3.05) is 20.2 Å². The molecule has 1 aromatic carbocycles. The van der Waals surface area contributed by atoms with Crippen molar-refractivity contribution in [1.29, 1.82) is 0 Å². The van der Waals surface area contributed by atoms with Crippen LogP contribution in [0.5, 0.6) is 5.75 Å². The number of methoxy groups -OCH3 is 1. The molecule has 2 aliphatic rings. The molecule has 114 valence electrons. The summed E-state index contributed by atoms with van der Waals surface area (Å²) < 4.78 is 5.41. The van der Waals surface area contributed by atoms with Gasteiger partial charge in [-0.05, 0) is 44.3 Å². The van der Waals surface area contributed by atoms with Crippen LogP contribution >= 0.6 is 0 Å².